The van der Waals surface area contributed by atoms with Gasteiger partial charge in [0.2, 0.25) is 5.91 Å². The number of anilines is 2. The second-order valence-corrected chi connectivity index (χ2v) is 5.80. The van der Waals surface area contributed by atoms with Crippen molar-refractivity contribution in [2.24, 2.45) is 5.73 Å². The van der Waals surface area contributed by atoms with E-state index in [4.69, 9.17) is 23.1 Å². The second-order valence-electron chi connectivity index (χ2n) is 4.48. The number of nitrogens with zero attached hydrogens (tertiary/aromatic N) is 2. The molecule has 7 heteroatoms. The van der Waals surface area contributed by atoms with Gasteiger partial charge in [0.15, 0.2) is 0 Å². The predicted octanol–water partition coefficient (Wildman–Crippen LogP) is 2.57. The molecule has 5 nitrogen and oxygen atoms in total. The van der Waals surface area contributed by atoms with Crippen molar-refractivity contribution in [2.75, 3.05) is 17.2 Å². The van der Waals surface area contributed by atoms with E-state index in [1.54, 1.807) is 23.2 Å². The van der Waals surface area contributed by atoms with Crippen LogP contribution in [0.5, 0.6) is 0 Å². The zero-order valence-electron chi connectivity index (χ0n) is 11.1. The molecule has 0 unspecified atom stereocenters. The molecule has 110 valence electrons. The number of hydrogen-bond acceptors (Lipinski definition) is 4. The smallest absolute Gasteiger partial charge is 0.237 e. The number of benzene rings is 1. The molecule has 1 aromatic carbocycles. The quantitative estimate of drug-likeness (QED) is 0.793. The highest BCUT2D eigenvalue weighted by Crippen LogP contribution is 2.28. The topological polar surface area (TPSA) is 85.2 Å². The van der Waals surface area contributed by atoms with Gasteiger partial charge in [0.25, 0.3) is 0 Å². The molecule has 0 aliphatic heterocycles. The Bertz CT molecular complexity index is 665. The number of carbonyl (C=O) groups is 1. The summed E-state index contributed by atoms with van der Waals surface area (Å²) in [4.78, 5) is 17.3. The number of rotatable bonds is 5. The highest BCUT2D eigenvalue weighted by molar-refractivity contribution is 9.10. The van der Waals surface area contributed by atoms with Crippen molar-refractivity contribution in [1.82, 2.24) is 4.98 Å². The average molecular weight is 370 g/mol. The third kappa shape index (κ3) is 4.09. The van der Waals surface area contributed by atoms with Gasteiger partial charge in [-0.1, -0.05) is 29.8 Å². The van der Waals surface area contributed by atoms with Gasteiger partial charge in [-0.2, -0.15) is 0 Å². The van der Waals surface area contributed by atoms with Gasteiger partial charge in [-0.3, -0.25) is 4.79 Å². The lowest BCUT2D eigenvalue weighted by molar-refractivity contribution is -0.116. The number of amides is 1. The van der Waals surface area contributed by atoms with Crippen LogP contribution in [0.3, 0.4) is 0 Å². The molecule has 0 spiro atoms. The summed E-state index contributed by atoms with van der Waals surface area (Å²) in [5, 5.41) is 0.431. The Hall–Kier alpha value is -1.79. The van der Waals surface area contributed by atoms with Crippen molar-refractivity contribution in [3.8, 4) is 0 Å². The van der Waals surface area contributed by atoms with Gasteiger partial charge in [0, 0.05) is 22.9 Å². The molecule has 0 aliphatic rings. The first-order valence-electron chi connectivity index (χ1n) is 6.15. The van der Waals surface area contributed by atoms with Crippen molar-refractivity contribution in [3.05, 3.63) is 51.6 Å². The lowest BCUT2D eigenvalue weighted by atomic mass is 10.1. The van der Waals surface area contributed by atoms with Gasteiger partial charge in [-0.15, -0.1) is 0 Å². The molecular formula is C14H14BrClN4O. The first-order chi connectivity index (χ1) is 9.97. The predicted molar refractivity (Wildman–Crippen MR) is 88.0 cm³/mol. The zero-order chi connectivity index (χ0) is 15.4. The van der Waals surface area contributed by atoms with Crippen LogP contribution in [0, 0.1) is 0 Å². The van der Waals surface area contributed by atoms with Crippen LogP contribution >= 0.6 is 27.5 Å². The van der Waals surface area contributed by atoms with Gasteiger partial charge in [-0.05, 0) is 33.6 Å². The first-order valence-corrected chi connectivity index (χ1v) is 7.32. The number of primary amides is 1. The minimum absolute atomic E-state index is 0.00267. The van der Waals surface area contributed by atoms with Crippen molar-refractivity contribution >= 4 is 44.9 Å². The van der Waals surface area contributed by atoms with Crippen molar-refractivity contribution in [2.45, 2.75) is 6.54 Å². The van der Waals surface area contributed by atoms with Gasteiger partial charge < -0.3 is 16.4 Å². The maximum Gasteiger partial charge on any atom is 0.237 e. The van der Waals surface area contributed by atoms with Crippen LogP contribution < -0.4 is 16.4 Å². The summed E-state index contributed by atoms with van der Waals surface area (Å²) in [6.45, 7) is 0.395. The number of hydrogen-bond donors (Lipinski definition) is 2. The lowest BCUT2D eigenvalue weighted by Gasteiger charge is -2.24. The Kier molecular flexibility index (Phi) is 5.03. The van der Waals surface area contributed by atoms with Gasteiger partial charge >= 0.3 is 0 Å². The maximum absolute atomic E-state index is 11.3. The minimum atomic E-state index is -0.467. The molecular weight excluding hydrogens is 356 g/mol. The maximum atomic E-state index is 11.3. The SMILES string of the molecule is NC(=O)CN(Cc1ccccc1N)c1ncc(Br)cc1Cl. The number of pyridine rings is 1. The highest BCUT2D eigenvalue weighted by Gasteiger charge is 2.16. The van der Waals surface area contributed by atoms with E-state index in [1.807, 2.05) is 18.2 Å². The van der Waals surface area contributed by atoms with Crippen LogP contribution in [0.25, 0.3) is 0 Å². The Morgan fingerprint density at radius 1 is 1.38 bits per heavy atom. The molecule has 2 aromatic rings. The van der Waals surface area contributed by atoms with Gasteiger partial charge in [0.1, 0.15) is 5.82 Å². The van der Waals surface area contributed by atoms with E-state index in [0.717, 1.165) is 10.0 Å². The normalized spacial score (nSPS) is 10.4. The third-order valence-corrected chi connectivity index (χ3v) is 3.56. The van der Waals surface area contributed by atoms with E-state index in [0.29, 0.717) is 23.1 Å². The molecule has 0 fully saturated rings. The van der Waals surface area contributed by atoms with E-state index < -0.39 is 5.91 Å². The fourth-order valence-corrected chi connectivity index (χ4v) is 2.67. The summed E-state index contributed by atoms with van der Waals surface area (Å²) in [7, 11) is 0. The zero-order valence-corrected chi connectivity index (χ0v) is 13.4. The van der Waals surface area contributed by atoms with Crippen molar-refractivity contribution in [1.29, 1.82) is 0 Å². The summed E-state index contributed by atoms with van der Waals surface area (Å²) in [5.41, 5.74) is 12.8. The number of aromatic nitrogens is 1. The highest BCUT2D eigenvalue weighted by atomic mass is 79.9. The van der Waals surface area contributed by atoms with Crippen LogP contribution in [0.2, 0.25) is 5.02 Å². The standard InChI is InChI=1S/C14H14BrClN4O/c15-10-5-11(16)14(19-6-10)20(8-13(18)21)7-9-3-1-2-4-12(9)17/h1-6H,7-8,17H2,(H2,18,21). The summed E-state index contributed by atoms with van der Waals surface area (Å²) in [6, 6.07) is 9.13. The molecule has 0 bridgehead atoms. The fraction of sp³-hybridized carbons (Fsp3) is 0.143. The van der Waals surface area contributed by atoms with Gasteiger partial charge in [-0.25, -0.2) is 4.98 Å². The van der Waals surface area contributed by atoms with E-state index in [-0.39, 0.29) is 6.54 Å². The van der Waals surface area contributed by atoms with Crippen molar-refractivity contribution in [3.63, 3.8) is 0 Å². The second kappa shape index (κ2) is 6.78. The summed E-state index contributed by atoms with van der Waals surface area (Å²) >= 11 is 9.49. The Morgan fingerprint density at radius 3 is 2.71 bits per heavy atom. The van der Waals surface area contributed by atoms with E-state index >= 15 is 0 Å². The molecule has 1 heterocycles. The fourth-order valence-electron chi connectivity index (χ4n) is 1.92. The lowest BCUT2D eigenvalue weighted by Crippen LogP contribution is -2.34. The summed E-state index contributed by atoms with van der Waals surface area (Å²) in [6.07, 6.45) is 1.61. The van der Waals surface area contributed by atoms with Crippen LogP contribution in [0.15, 0.2) is 41.0 Å². The molecule has 4 N–H and O–H groups in total. The van der Waals surface area contributed by atoms with Gasteiger partial charge in [0.05, 0.1) is 11.6 Å². The minimum Gasteiger partial charge on any atom is -0.398 e. The molecule has 0 radical (unpaired) electrons. The molecule has 1 amide bonds. The number of para-hydroxylation sites is 1. The van der Waals surface area contributed by atoms with Crippen LogP contribution in [-0.2, 0) is 11.3 Å². The van der Waals surface area contributed by atoms with Crippen LogP contribution in [0.1, 0.15) is 5.56 Å². The molecule has 0 saturated heterocycles. The molecule has 0 atom stereocenters. The van der Waals surface area contributed by atoms with Crippen LogP contribution in [0.4, 0.5) is 11.5 Å². The Labute approximate surface area is 136 Å². The third-order valence-electron chi connectivity index (χ3n) is 2.85. The molecule has 1 aromatic heterocycles. The molecule has 0 aliphatic carbocycles. The van der Waals surface area contributed by atoms with E-state index in [2.05, 4.69) is 20.9 Å². The Morgan fingerprint density at radius 2 is 2.10 bits per heavy atom. The number of nitrogen functional groups attached to an aromatic ring is 1. The molecule has 2 rings (SSSR count). The average Bonchev–Trinajstić information content (AvgIpc) is 2.40. The molecule has 0 saturated carbocycles. The first kappa shape index (κ1) is 15.6. The largest absolute Gasteiger partial charge is 0.398 e. The van der Waals surface area contributed by atoms with Crippen molar-refractivity contribution < 1.29 is 4.79 Å². The number of nitrogens with two attached hydrogens (primary N) is 2. The van der Waals surface area contributed by atoms with Crippen LogP contribution in [-0.4, -0.2) is 17.4 Å². The Balaban J connectivity index is 2.34. The van der Waals surface area contributed by atoms with E-state index in [9.17, 15) is 4.79 Å². The number of halogens is 2. The number of carbonyl (C=O) groups excluding carboxylic acids is 1. The monoisotopic (exact) mass is 368 g/mol. The van der Waals surface area contributed by atoms with E-state index in [1.165, 1.54) is 0 Å². The summed E-state index contributed by atoms with van der Waals surface area (Å²) in [5.74, 6) is 0.0206. The molecule has 21 heavy (non-hydrogen) atoms. The summed E-state index contributed by atoms with van der Waals surface area (Å²) < 4.78 is 0.759.